The number of hydrogen-bond acceptors (Lipinski definition) is 12. The summed E-state index contributed by atoms with van der Waals surface area (Å²) in [5, 5.41) is 20.8. The molecule has 58 heavy (non-hydrogen) atoms. The number of benzene rings is 4. The molecule has 0 aliphatic heterocycles. The van der Waals surface area contributed by atoms with Crippen LogP contribution >= 0.6 is 0 Å². The molecule has 0 aromatic heterocycles. The van der Waals surface area contributed by atoms with Gasteiger partial charge in [-0.05, 0) is 134 Å². The quantitative estimate of drug-likeness (QED) is 0.0707. The smallest absolute Gasteiger partial charge is 0.203 e. The molecule has 0 fully saturated rings. The van der Waals surface area contributed by atoms with E-state index >= 15 is 0 Å². The van der Waals surface area contributed by atoms with Gasteiger partial charge in [-0.1, -0.05) is 0 Å². The Morgan fingerprint density at radius 3 is 0.966 bits per heavy atom. The van der Waals surface area contributed by atoms with Gasteiger partial charge in [-0.3, -0.25) is 0 Å². The average molecular weight is 807 g/mol. The Morgan fingerprint density at radius 2 is 0.690 bits per heavy atom. The standard InChI is InChI=1S/C46H62O12/c1-49-37-24-31(25-38(50-2)35(37)15-13-29-20-41(53-5)45(57-9)42(21-29)54-6)18-33(12-11-17-47)34(28-48)19-32-26-39(51-3)36(40(27-32)52-4)16-14-30-22-43(55-7)46(58-10)44(23-30)56-8/h20-27,33-34,47-48H,11-19,28H2,1-10H3/t33-,34+/m0/s1. The van der Waals surface area contributed by atoms with Crippen molar-refractivity contribution in [2.75, 3.05) is 84.3 Å². The van der Waals surface area contributed by atoms with Crippen LogP contribution in [0.4, 0.5) is 0 Å². The van der Waals surface area contributed by atoms with Crippen molar-refractivity contribution in [2.45, 2.75) is 51.4 Å². The number of rotatable bonds is 25. The first kappa shape index (κ1) is 45.5. The van der Waals surface area contributed by atoms with Crippen molar-refractivity contribution in [3.63, 3.8) is 0 Å². The van der Waals surface area contributed by atoms with Gasteiger partial charge in [0.05, 0.1) is 71.1 Å². The summed E-state index contributed by atoms with van der Waals surface area (Å²) in [6.07, 6.45) is 5.16. The van der Waals surface area contributed by atoms with E-state index in [-0.39, 0.29) is 25.0 Å². The predicted octanol–water partition coefficient (Wildman–Crippen LogP) is 7.13. The van der Waals surface area contributed by atoms with E-state index in [0.717, 1.165) is 51.3 Å². The van der Waals surface area contributed by atoms with E-state index in [2.05, 4.69) is 12.1 Å². The van der Waals surface area contributed by atoms with Crippen LogP contribution < -0.4 is 47.4 Å². The second-order valence-corrected chi connectivity index (χ2v) is 14.0. The number of ether oxygens (including phenoxy) is 10. The van der Waals surface area contributed by atoms with E-state index in [1.54, 1.807) is 71.1 Å². The molecule has 318 valence electrons. The fourth-order valence-electron chi connectivity index (χ4n) is 7.75. The predicted molar refractivity (Wildman–Crippen MR) is 224 cm³/mol. The molecule has 0 aliphatic rings. The largest absolute Gasteiger partial charge is 0.496 e. The highest BCUT2D eigenvalue weighted by Gasteiger charge is 2.25. The lowest BCUT2D eigenvalue weighted by atomic mass is 9.80. The summed E-state index contributed by atoms with van der Waals surface area (Å²) in [7, 11) is 16.2. The molecule has 0 spiro atoms. The highest BCUT2D eigenvalue weighted by molar-refractivity contribution is 5.56. The van der Waals surface area contributed by atoms with Crippen molar-refractivity contribution < 1.29 is 57.6 Å². The molecular weight excluding hydrogens is 744 g/mol. The summed E-state index contributed by atoms with van der Waals surface area (Å²) in [5.74, 6) is 6.25. The fraction of sp³-hybridized carbons (Fsp3) is 0.478. The van der Waals surface area contributed by atoms with Crippen LogP contribution in [0.15, 0.2) is 48.5 Å². The van der Waals surface area contributed by atoms with Gasteiger partial charge in [-0.2, -0.15) is 0 Å². The maximum absolute atomic E-state index is 10.9. The zero-order valence-corrected chi connectivity index (χ0v) is 35.8. The molecule has 4 aromatic rings. The summed E-state index contributed by atoms with van der Waals surface area (Å²) in [6.45, 7) is 0.0220. The Bertz CT molecular complexity index is 1810. The van der Waals surface area contributed by atoms with Crippen LogP contribution in [-0.4, -0.2) is 94.5 Å². The molecule has 0 aliphatic carbocycles. The second-order valence-electron chi connectivity index (χ2n) is 14.0. The minimum absolute atomic E-state index is 0.0355. The summed E-state index contributed by atoms with van der Waals surface area (Å²) in [4.78, 5) is 0. The van der Waals surface area contributed by atoms with Gasteiger partial charge < -0.3 is 57.6 Å². The van der Waals surface area contributed by atoms with Crippen molar-refractivity contribution in [3.8, 4) is 57.5 Å². The van der Waals surface area contributed by atoms with Crippen molar-refractivity contribution in [2.24, 2.45) is 11.8 Å². The third-order valence-electron chi connectivity index (χ3n) is 10.7. The summed E-state index contributed by atoms with van der Waals surface area (Å²) >= 11 is 0. The van der Waals surface area contributed by atoms with Gasteiger partial charge in [0.15, 0.2) is 23.0 Å². The van der Waals surface area contributed by atoms with Gasteiger partial charge in [0, 0.05) is 24.3 Å². The first-order valence-electron chi connectivity index (χ1n) is 19.5. The Kier molecular flexibility index (Phi) is 17.8. The Balaban J connectivity index is 1.58. The lowest BCUT2D eigenvalue weighted by Gasteiger charge is -2.27. The number of hydrogen-bond donors (Lipinski definition) is 2. The van der Waals surface area contributed by atoms with Gasteiger partial charge in [-0.25, -0.2) is 0 Å². The Morgan fingerprint density at radius 1 is 0.379 bits per heavy atom. The number of methoxy groups -OCH3 is 10. The minimum Gasteiger partial charge on any atom is -0.496 e. The molecule has 2 N–H and O–H groups in total. The third-order valence-corrected chi connectivity index (χ3v) is 10.7. The van der Waals surface area contributed by atoms with E-state index in [1.807, 2.05) is 36.4 Å². The molecule has 12 nitrogen and oxygen atoms in total. The molecule has 0 heterocycles. The maximum atomic E-state index is 10.9. The van der Waals surface area contributed by atoms with Gasteiger partial charge in [-0.15, -0.1) is 0 Å². The first-order valence-corrected chi connectivity index (χ1v) is 19.5. The van der Waals surface area contributed by atoms with Gasteiger partial charge >= 0.3 is 0 Å². The number of aliphatic hydroxyl groups is 2. The van der Waals surface area contributed by atoms with E-state index in [9.17, 15) is 10.2 Å². The van der Waals surface area contributed by atoms with E-state index in [1.165, 1.54) is 0 Å². The summed E-state index contributed by atoms with van der Waals surface area (Å²) in [6, 6.07) is 16.0. The van der Waals surface area contributed by atoms with Crippen molar-refractivity contribution in [3.05, 3.63) is 81.9 Å². The van der Waals surface area contributed by atoms with Crippen LogP contribution in [0.2, 0.25) is 0 Å². The lowest BCUT2D eigenvalue weighted by Crippen LogP contribution is -2.24. The van der Waals surface area contributed by atoms with Crippen molar-refractivity contribution in [1.82, 2.24) is 0 Å². The van der Waals surface area contributed by atoms with Gasteiger partial charge in [0.1, 0.15) is 23.0 Å². The van der Waals surface area contributed by atoms with Crippen LogP contribution in [0, 0.1) is 11.8 Å². The molecule has 2 atom stereocenters. The Labute approximate surface area is 343 Å². The maximum Gasteiger partial charge on any atom is 0.203 e. The topological polar surface area (TPSA) is 133 Å². The van der Waals surface area contributed by atoms with Gasteiger partial charge in [0.25, 0.3) is 0 Å². The minimum atomic E-state index is -0.122. The summed E-state index contributed by atoms with van der Waals surface area (Å²) in [5.41, 5.74) is 5.90. The second kappa shape index (κ2) is 22.7. The van der Waals surface area contributed by atoms with Crippen molar-refractivity contribution >= 4 is 0 Å². The highest BCUT2D eigenvalue weighted by atomic mass is 16.5. The monoisotopic (exact) mass is 806 g/mol. The lowest BCUT2D eigenvalue weighted by molar-refractivity contribution is 0.158. The summed E-state index contributed by atoms with van der Waals surface area (Å²) < 4.78 is 57.0. The molecule has 4 aromatic carbocycles. The van der Waals surface area contributed by atoms with Crippen molar-refractivity contribution in [1.29, 1.82) is 0 Å². The first-order chi connectivity index (χ1) is 28.2. The van der Waals surface area contributed by atoms with Crippen LogP contribution in [-0.2, 0) is 38.5 Å². The van der Waals surface area contributed by atoms with Crippen LogP contribution in [0.25, 0.3) is 0 Å². The van der Waals surface area contributed by atoms with E-state index < -0.39 is 0 Å². The zero-order valence-electron chi connectivity index (χ0n) is 35.8. The molecule has 0 bridgehead atoms. The number of aryl methyl sites for hydroxylation is 2. The van der Waals surface area contributed by atoms with E-state index in [0.29, 0.717) is 90.9 Å². The number of aliphatic hydroxyl groups excluding tert-OH is 2. The zero-order chi connectivity index (χ0) is 42.2. The fourth-order valence-corrected chi connectivity index (χ4v) is 7.75. The third kappa shape index (κ3) is 11.0. The highest BCUT2D eigenvalue weighted by Crippen LogP contribution is 2.42. The molecular formula is C46H62O12. The molecule has 0 saturated heterocycles. The van der Waals surface area contributed by atoms with Crippen LogP contribution in [0.3, 0.4) is 0 Å². The average Bonchev–Trinajstić information content (AvgIpc) is 3.26. The molecule has 4 rings (SSSR count). The normalized spacial score (nSPS) is 12.0. The molecule has 0 saturated carbocycles. The van der Waals surface area contributed by atoms with E-state index in [4.69, 9.17) is 47.4 Å². The van der Waals surface area contributed by atoms with Crippen LogP contribution in [0.5, 0.6) is 57.5 Å². The Hall–Kier alpha value is -5.20. The molecule has 12 heteroatoms. The SMILES string of the molecule is COc1cc(C[C@H](CO)[C@@H](CCCO)Cc2cc(OC)c(CCc3cc(OC)c(OC)c(OC)c3)c(OC)c2)cc(OC)c1CCc1cc(OC)c(OC)c(OC)c1. The van der Waals surface area contributed by atoms with Crippen LogP contribution in [0.1, 0.15) is 46.2 Å². The molecule has 0 amide bonds. The molecule has 0 radical (unpaired) electrons. The molecule has 0 unspecified atom stereocenters. The van der Waals surface area contributed by atoms with Gasteiger partial charge in [0.2, 0.25) is 11.5 Å².